The van der Waals surface area contributed by atoms with E-state index >= 15 is 0 Å². The fourth-order valence-electron chi connectivity index (χ4n) is 1.62. The van der Waals surface area contributed by atoms with E-state index in [1.165, 1.54) is 28.7 Å². The molecule has 2 aromatic rings. The van der Waals surface area contributed by atoms with Gasteiger partial charge in [0.25, 0.3) is 0 Å². The molecule has 0 unspecified atom stereocenters. The van der Waals surface area contributed by atoms with Crippen LogP contribution in [0.5, 0.6) is 0 Å². The van der Waals surface area contributed by atoms with Crippen LogP contribution in [-0.2, 0) is 4.79 Å². The third-order valence-corrected chi connectivity index (χ3v) is 5.03. The number of aryl methyl sites for hydroxylation is 1. The van der Waals surface area contributed by atoms with Crippen molar-refractivity contribution >= 4 is 39.8 Å². The molecule has 0 bridgehead atoms. The SMILES string of the molecule is CC[C@@H](C)NC(=O)CSc1nnc(Nc2ccc(C)cc2)s1. The maximum absolute atomic E-state index is 11.7. The van der Waals surface area contributed by atoms with E-state index in [0.717, 1.165) is 21.6 Å². The summed E-state index contributed by atoms with van der Waals surface area (Å²) in [6.07, 6.45) is 0.930. The van der Waals surface area contributed by atoms with Gasteiger partial charge in [-0.15, -0.1) is 10.2 Å². The molecule has 1 amide bonds. The topological polar surface area (TPSA) is 66.9 Å². The molecule has 0 saturated carbocycles. The van der Waals surface area contributed by atoms with Gasteiger partial charge >= 0.3 is 0 Å². The Morgan fingerprint density at radius 1 is 1.32 bits per heavy atom. The third kappa shape index (κ3) is 5.31. The van der Waals surface area contributed by atoms with Crippen LogP contribution in [0, 0.1) is 6.92 Å². The monoisotopic (exact) mass is 336 g/mol. The maximum atomic E-state index is 11.7. The average Bonchev–Trinajstić information content (AvgIpc) is 2.95. The first kappa shape index (κ1) is 16.8. The normalized spacial score (nSPS) is 12.0. The van der Waals surface area contributed by atoms with Crippen molar-refractivity contribution in [1.82, 2.24) is 15.5 Å². The number of carbonyl (C=O) groups excluding carboxylic acids is 1. The van der Waals surface area contributed by atoms with Gasteiger partial charge < -0.3 is 10.6 Å². The summed E-state index contributed by atoms with van der Waals surface area (Å²) in [6.45, 7) is 6.09. The highest BCUT2D eigenvalue weighted by Gasteiger charge is 2.09. The molecule has 22 heavy (non-hydrogen) atoms. The highest BCUT2D eigenvalue weighted by molar-refractivity contribution is 8.01. The molecule has 118 valence electrons. The molecular weight excluding hydrogens is 316 g/mol. The van der Waals surface area contributed by atoms with Crippen molar-refractivity contribution in [3.63, 3.8) is 0 Å². The Morgan fingerprint density at radius 3 is 2.73 bits per heavy atom. The van der Waals surface area contributed by atoms with Gasteiger partial charge in [-0.25, -0.2) is 0 Å². The van der Waals surface area contributed by atoms with Crippen LogP contribution >= 0.6 is 23.1 Å². The summed E-state index contributed by atoms with van der Waals surface area (Å²) in [6, 6.07) is 8.30. The van der Waals surface area contributed by atoms with Gasteiger partial charge in [-0.3, -0.25) is 4.79 Å². The quantitative estimate of drug-likeness (QED) is 0.756. The molecule has 1 aromatic carbocycles. The van der Waals surface area contributed by atoms with E-state index in [2.05, 4.69) is 20.8 Å². The van der Waals surface area contributed by atoms with Gasteiger partial charge in [-0.2, -0.15) is 0 Å². The number of nitrogens with one attached hydrogen (secondary N) is 2. The van der Waals surface area contributed by atoms with Crippen LogP contribution in [0.25, 0.3) is 0 Å². The van der Waals surface area contributed by atoms with E-state index in [-0.39, 0.29) is 11.9 Å². The lowest BCUT2D eigenvalue weighted by atomic mass is 10.2. The molecule has 0 saturated heterocycles. The van der Waals surface area contributed by atoms with Gasteiger partial charge in [0.2, 0.25) is 11.0 Å². The van der Waals surface area contributed by atoms with Crippen molar-refractivity contribution in [3.8, 4) is 0 Å². The van der Waals surface area contributed by atoms with Crippen molar-refractivity contribution in [2.24, 2.45) is 0 Å². The molecule has 0 spiro atoms. The number of thioether (sulfide) groups is 1. The predicted molar refractivity (Wildman–Crippen MR) is 93.0 cm³/mol. The Labute approximate surface area is 138 Å². The molecular formula is C15H20N4OS2. The summed E-state index contributed by atoms with van der Waals surface area (Å²) >= 11 is 2.86. The first-order chi connectivity index (χ1) is 10.6. The van der Waals surface area contributed by atoms with Crippen molar-refractivity contribution in [1.29, 1.82) is 0 Å². The third-order valence-electron chi connectivity index (χ3n) is 3.06. The van der Waals surface area contributed by atoms with E-state index in [0.29, 0.717) is 5.75 Å². The van der Waals surface area contributed by atoms with E-state index in [1.54, 1.807) is 0 Å². The van der Waals surface area contributed by atoms with Crippen LogP contribution in [-0.4, -0.2) is 27.9 Å². The van der Waals surface area contributed by atoms with Gasteiger partial charge in [0, 0.05) is 11.7 Å². The van der Waals surface area contributed by atoms with E-state index in [4.69, 9.17) is 0 Å². The van der Waals surface area contributed by atoms with E-state index in [1.807, 2.05) is 45.0 Å². The fourth-order valence-corrected chi connectivity index (χ4v) is 3.21. The minimum Gasteiger partial charge on any atom is -0.353 e. The molecule has 1 heterocycles. The zero-order chi connectivity index (χ0) is 15.9. The number of hydrogen-bond acceptors (Lipinski definition) is 6. The first-order valence-electron chi connectivity index (χ1n) is 7.16. The summed E-state index contributed by atoms with van der Waals surface area (Å²) in [5.41, 5.74) is 2.19. The second-order valence-electron chi connectivity index (χ2n) is 5.03. The summed E-state index contributed by atoms with van der Waals surface area (Å²) in [7, 11) is 0. The number of aromatic nitrogens is 2. The molecule has 2 rings (SSSR count). The van der Waals surface area contributed by atoms with E-state index in [9.17, 15) is 4.79 Å². The molecule has 0 aliphatic rings. The molecule has 5 nitrogen and oxygen atoms in total. The summed E-state index contributed by atoms with van der Waals surface area (Å²) in [5, 5.41) is 15.1. The van der Waals surface area contributed by atoms with Gasteiger partial charge in [0.15, 0.2) is 4.34 Å². The number of amides is 1. The average molecular weight is 336 g/mol. The number of carbonyl (C=O) groups is 1. The van der Waals surface area contributed by atoms with Crippen molar-refractivity contribution in [2.75, 3.05) is 11.1 Å². The summed E-state index contributed by atoms with van der Waals surface area (Å²) < 4.78 is 0.786. The number of nitrogens with zero attached hydrogens (tertiary/aromatic N) is 2. The second kappa shape index (κ2) is 8.14. The molecule has 0 radical (unpaired) electrons. The van der Waals surface area contributed by atoms with Gasteiger partial charge in [0.05, 0.1) is 5.75 Å². The maximum Gasteiger partial charge on any atom is 0.230 e. The van der Waals surface area contributed by atoms with Crippen molar-refractivity contribution in [2.45, 2.75) is 37.6 Å². The lowest BCUT2D eigenvalue weighted by Crippen LogP contribution is -2.33. The molecule has 1 aromatic heterocycles. The Kier molecular flexibility index (Phi) is 6.21. The van der Waals surface area contributed by atoms with Gasteiger partial charge in [-0.1, -0.05) is 47.7 Å². The minimum atomic E-state index is 0.0302. The van der Waals surface area contributed by atoms with Crippen molar-refractivity contribution < 1.29 is 4.79 Å². The predicted octanol–water partition coefficient (Wildman–Crippen LogP) is 3.60. The number of benzene rings is 1. The molecule has 0 fully saturated rings. The van der Waals surface area contributed by atoms with Gasteiger partial charge in [-0.05, 0) is 32.4 Å². The fraction of sp³-hybridized carbons (Fsp3) is 0.400. The summed E-state index contributed by atoms with van der Waals surface area (Å²) in [4.78, 5) is 11.7. The van der Waals surface area contributed by atoms with Crippen LogP contribution in [0.4, 0.5) is 10.8 Å². The van der Waals surface area contributed by atoms with Crippen LogP contribution in [0.1, 0.15) is 25.8 Å². The van der Waals surface area contributed by atoms with Crippen molar-refractivity contribution in [3.05, 3.63) is 29.8 Å². The molecule has 7 heteroatoms. The number of rotatable bonds is 7. The molecule has 0 aliphatic heterocycles. The minimum absolute atomic E-state index is 0.0302. The Balaban J connectivity index is 1.83. The van der Waals surface area contributed by atoms with Crippen LogP contribution < -0.4 is 10.6 Å². The Bertz CT molecular complexity index is 612. The van der Waals surface area contributed by atoms with E-state index < -0.39 is 0 Å². The van der Waals surface area contributed by atoms with Crippen LogP contribution in [0.2, 0.25) is 0 Å². The summed E-state index contributed by atoms with van der Waals surface area (Å²) in [5.74, 6) is 0.395. The molecule has 2 N–H and O–H groups in total. The standard InChI is InChI=1S/C15H20N4OS2/c1-4-11(3)16-13(20)9-21-15-19-18-14(22-15)17-12-7-5-10(2)6-8-12/h5-8,11H,4,9H2,1-3H3,(H,16,20)(H,17,18)/t11-/m1/s1. The smallest absolute Gasteiger partial charge is 0.230 e. The zero-order valence-electron chi connectivity index (χ0n) is 12.9. The van der Waals surface area contributed by atoms with Crippen LogP contribution in [0.3, 0.4) is 0 Å². The number of hydrogen-bond donors (Lipinski definition) is 2. The first-order valence-corrected chi connectivity index (χ1v) is 8.96. The lowest BCUT2D eigenvalue weighted by Gasteiger charge is -2.09. The largest absolute Gasteiger partial charge is 0.353 e. The van der Waals surface area contributed by atoms with Gasteiger partial charge in [0.1, 0.15) is 0 Å². The zero-order valence-corrected chi connectivity index (χ0v) is 14.6. The highest BCUT2D eigenvalue weighted by atomic mass is 32.2. The van der Waals surface area contributed by atoms with Crippen LogP contribution in [0.15, 0.2) is 28.6 Å². The molecule has 0 aliphatic carbocycles. The second-order valence-corrected chi connectivity index (χ2v) is 7.23. The Hall–Kier alpha value is -1.60. The highest BCUT2D eigenvalue weighted by Crippen LogP contribution is 2.27. The molecule has 1 atom stereocenters. The Morgan fingerprint density at radius 2 is 2.05 bits per heavy atom. The lowest BCUT2D eigenvalue weighted by molar-refractivity contribution is -0.119. The number of anilines is 2.